The molecule has 2 amide bonds. The molecule has 27 heavy (non-hydrogen) atoms. The molecular weight excluding hydrogens is 340 g/mol. The molecule has 0 aliphatic heterocycles. The average Bonchev–Trinajstić information content (AvgIpc) is 3.16. The summed E-state index contributed by atoms with van der Waals surface area (Å²) in [5.74, 6) is 0.972. The molecule has 0 radical (unpaired) electrons. The SMILES string of the molecule is CCC(=O)Nc1cccc(NC(=O)/C=C/c2ccc(-c3ccccc3)o2)c1. The maximum absolute atomic E-state index is 12.1. The summed E-state index contributed by atoms with van der Waals surface area (Å²) in [5.41, 5.74) is 2.22. The second-order valence-corrected chi connectivity index (χ2v) is 5.87. The minimum Gasteiger partial charge on any atom is -0.457 e. The number of carbonyl (C=O) groups is 2. The molecule has 5 nitrogen and oxygen atoms in total. The molecular formula is C22H20N2O3. The Morgan fingerprint density at radius 2 is 1.67 bits per heavy atom. The maximum atomic E-state index is 12.1. The third-order valence-corrected chi connectivity index (χ3v) is 3.82. The number of nitrogens with one attached hydrogen (secondary N) is 2. The molecule has 0 spiro atoms. The van der Waals surface area contributed by atoms with Crippen LogP contribution in [-0.2, 0) is 9.59 Å². The van der Waals surface area contributed by atoms with Crippen LogP contribution < -0.4 is 10.6 Å². The first-order valence-corrected chi connectivity index (χ1v) is 8.68. The lowest BCUT2D eigenvalue weighted by atomic mass is 10.2. The van der Waals surface area contributed by atoms with E-state index in [9.17, 15) is 9.59 Å². The third kappa shape index (κ3) is 5.19. The first-order valence-electron chi connectivity index (χ1n) is 8.68. The topological polar surface area (TPSA) is 71.3 Å². The van der Waals surface area contributed by atoms with Crippen LogP contribution in [0.25, 0.3) is 17.4 Å². The van der Waals surface area contributed by atoms with Crippen molar-refractivity contribution in [3.63, 3.8) is 0 Å². The van der Waals surface area contributed by atoms with E-state index in [4.69, 9.17) is 4.42 Å². The molecule has 2 aromatic carbocycles. The van der Waals surface area contributed by atoms with E-state index in [1.54, 1.807) is 37.3 Å². The van der Waals surface area contributed by atoms with Gasteiger partial charge in [0.25, 0.3) is 0 Å². The van der Waals surface area contributed by atoms with Crippen LogP contribution in [0.15, 0.2) is 77.2 Å². The second-order valence-electron chi connectivity index (χ2n) is 5.87. The largest absolute Gasteiger partial charge is 0.457 e. The Hall–Kier alpha value is -3.60. The van der Waals surface area contributed by atoms with Gasteiger partial charge in [0, 0.05) is 29.4 Å². The molecule has 0 saturated carbocycles. The van der Waals surface area contributed by atoms with Crippen molar-refractivity contribution in [2.45, 2.75) is 13.3 Å². The molecule has 0 aliphatic carbocycles. The molecule has 0 unspecified atom stereocenters. The predicted octanol–water partition coefficient (Wildman–Crippen LogP) is 4.95. The Morgan fingerprint density at radius 1 is 0.926 bits per heavy atom. The molecule has 0 atom stereocenters. The zero-order valence-electron chi connectivity index (χ0n) is 14.9. The first kappa shape index (κ1) is 18.2. The molecule has 0 bridgehead atoms. The van der Waals surface area contributed by atoms with Gasteiger partial charge in [0.1, 0.15) is 11.5 Å². The maximum Gasteiger partial charge on any atom is 0.248 e. The molecule has 0 saturated heterocycles. The van der Waals surface area contributed by atoms with Crippen LogP contribution in [0.2, 0.25) is 0 Å². The number of benzene rings is 2. The van der Waals surface area contributed by atoms with E-state index in [1.165, 1.54) is 6.08 Å². The Labute approximate surface area is 157 Å². The van der Waals surface area contributed by atoms with Gasteiger partial charge >= 0.3 is 0 Å². The Morgan fingerprint density at radius 3 is 2.41 bits per heavy atom. The van der Waals surface area contributed by atoms with Crippen molar-refractivity contribution in [3.05, 3.63) is 78.6 Å². The van der Waals surface area contributed by atoms with Crippen LogP contribution in [0, 0.1) is 0 Å². The number of anilines is 2. The molecule has 5 heteroatoms. The first-order chi connectivity index (χ1) is 13.1. The monoisotopic (exact) mass is 360 g/mol. The summed E-state index contributed by atoms with van der Waals surface area (Å²) in [6.45, 7) is 1.78. The molecule has 136 valence electrons. The molecule has 2 N–H and O–H groups in total. The Bertz CT molecular complexity index is 958. The number of hydrogen-bond acceptors (Lipinski definition) is 3. The molecule has 3 rings (SSSR count). The van der Waals surface area contributed by atoms with Crippen LogP contribution in [0.4, 0.5) is 11.4 Å². The van der Waals surface area contributed by atoms with E-state index < -0.39 is 0 Å². The zero-order valence-corrected chi connectivity index (χ0v) is 14.9. The zero-order chi connectivity index (χ0) is 19.1. The van der Waals surface area contributed by atoms with Gasteiger partial charge in [-0.2, -0.15) is 0 Å². The minimum absolute atomic E-state index is 0.0783. The highest BCUT2D eigenvalue weighted by Crippen LogP contribution is 2.22. The lowest BCUT2D eigenvalue weighted by Crippen LogP contribution is -2.11. The van der Waals surface area contributed by atoms with Gasteiger partial charge in [-0.1, -0.05) is 43.3 Å². The number of furan rings is 1. The van der Waals surface area contributed by atoms with Gasteiger partial charge in [-0.25, -0.2) is 0 Å². The van der Waals surface area contributed by atoms with E-state index in [1.807, 2.05) is 42.5 Å². The summed E-state index contributed by atoms with van der Waals surface area (Å²) in [6.07, 6.45) is 3.42. The summed E-state index contributed by atoms with van der Waals surface area (Å²) in [4.78, 5) is 23.6. The van der Waals surface area contributed by atoms with Gasteiger partial charge in [-0.05, 0) is 36.4 Å². The van der Waals surface area contributed by atoms with E-state index >= 15 is 0 Å². The van der Waals surface area contributed by atoms with Crippen LogP contribution >= 0.6 is 0 Å². The van der Waals surface area contributed by atoms with E-state index in [0.717, 1.165) is 11.3 Å². The second kappa shape index (κ2) is 8.67. The Kier molecular flexibility index (Phi) is 5.84. The van der Waals surface area contributed by atoms with Gasteiger partial charge < -0.3 is 15.1 Å². The predicted molar refractivity (Wildman–Crippen MR) is 107 cm³/mol. The Balaban J connectivity index is 1.62. The summed E-state index contributed by atoms with van der Waals surface area (Å²) >= 11 is 0. The van der Waals surface area contributed by atoms with Gasteiger partial charge in [0.15, 0.2) is 0 Å². The fourth-order valence-corrected chi connectivity index (χ4v) is 2.47. The molecule has 1 aromatic heterocycles. The number of hydrogen-bond donors (Lipinski definition) is 2. The van der Waals surface area contributed by atoms with Crippen molar-refractivity contribution in [2.24, 2.45) is 0 Å². The van der Waals surface area contributed by atoms with Crippen LogP contribution in [0.3, 0.4) is 0 Å². The fourth-order valence-electron chi connectivity index (χ4n) is 2.47. The number of amides is 2. The van der Waals surface area contributed by atoms with Gasteiger partial charge in [0.2, 0.25) is 11.8 Å². The molecule has 3 aromatic rings. The third-order valence-electron chi connectivity index (χ3n) is 3.82. The van der Waals surface area contributed by atoms with Crippen LogP contribution in [0.1, 0.15) is 19.1 Å². The lowest BCUT2D eigenvalue weighted by Gasteiger charge is -2.06. The average molecular weight is 360 g/mol. The fraction of sp³-hybridized carbons (Fsp3) is 0.0909. The van der Waals surface area contributed by atoms with Gasteiger partial charge in [-0.3, -0.25) is 9.59 Å². The number of carbonyl (C=O) groups excluding carboxylic acids is 2. The summed E-state index contributed by atoms with van der Waals surface area (Å²) in [7, 11) is 0. The van der Waals surface area contributed by atoms with Gasteiger partial charge in [-0.15, -0.1) is 0 Å². The van der Waals surface area contributed by atoms with Crippen molar-refractivity contribution in [1.82, 2.24) is 0 Å². The van der Waals surface area contributed by atoms with Crippen LogP contribution in [-0.4, -0.2) is 11.8 Å². The smallest absolute Gasteiger partial charge is 0.248 e. The quantitative estimate of drug-likeness (QED) is 0.611. The van der Waals surface area contributed by atoms with E-state index in [2.05, 4.69) is 10.6 Å². The highest BCUT2D eigenvalue weighted by molar-refractivity contribution is 6.02. The lowest BCUT2D eigenvalue weighted by molar-refractivity contribution is -0.116. The van der Waals surface area contributed by atoms with Crippen LogP contribution in [0.5, 0.6) is 0 Å². The molecule has 0 aliphatic rings. The van der Waals surface area contributed by atoms with Crippen molar-refractivity contribution in [1.29, 1.82) is 0 Å². The normalized spacial score (nSPS) is 10.7. The van der Waals surface area contributed by atoms with E-state index in [-0.39, 0.29) is 11.8 Å². The standard InChI is InChI=1S/C22H20N2O3/c1-2-21(25)23-17-9-6-10-18(15-17)24-22(26)14-12-19-11-13-20(27-19)16-7-4-3-5-8-16/h3-15H,2H2,1H3,(H,23,25)(H,24,26)/b14-12+. The minimum atomic E-state index is -0.286. The van der Waals surface area contributed by atoms with E-state index in [0.29, 0.717) is 23.6 Å². The van der Waals surface area contributed by atoms with Crippen molar-refractivity contribution >= 4 is 29.3 Å². The number of rotatable bonds is 6. The van der Waals surface area contributed by atoms with Gasteiger partial charge in [0.05, 0.1) is 0 Å². The van der Waals surface area contributed by atoms with Crippen molar-refractivity contribution in [3.8, 4) is 11.3 Å². The highest BCUT2D eigenvalue weighted by Gasteiger charge is 2.04. The molecule has 1 heterocycles. The summed E-state index contributed by atoms with van der Waals surface area (Å²) in [5, 5.41) is 5.52. The van der Waals surface area contributed by atoms with Crippen molar-refractivity contribution < 1.29 is 14.0 Å². The molecule has 0 fully saturated rings. The highest BCUT2D eigenvalue weighted by atomic mass is 16.3. The summed E-state index contributed by atoms with van der Waals surface area (Å²) < 4.78 is 5.73. The summed E-state index contributed by atoms with van der Waals surface area (Å²) in [6, 6.07) is 20.4. The van der Waals surface area contributed by atoms with Crippen molar-refractivity contribution in [2.75, 3.05) is 10.6 Å².